The van der Waals surface area contributed by atoms with E-state index in [2.05, 4.69) is 0 Å². The molecular formula is C12H8K2O8S3. The van der Waals surface area contributed by atoms with Gasteiger partial charge in [-0.05, 0) is 36.4 Å². The van der Waals surface area contributed by atoms with Crippen molar-refractivity contribution in [1.29, 1.82) is 0 Å². The van der Waals surface area contributed by atoms with Gasteiger partial charge in [-0.2, -0.15) is 0 Å². The first-order chi connectivity index (χ1) is 10.4. The van der Waals surface area contributed by atoms with Gasteiger partial charge in [-0.25, -0.2) is 25.3 Å². The fourth-order valence-corrected chi connectivity index (χ4v) is 4.26. The summed E-state index contributed by atoms with van der Waals surface area (Å²) in [5.74, 6) is 0. The van der Waals surface area contributed by atoms with Gasteiger partial charge in [0.05, 0.1) is 19.6 Å². The van der Waals surface area contributed by atoms with Crippen LogP contribution >= 0.6 is 0 Å². The Balaban J connectivity index is 0.00000288. The topological polar surface area (TPSA) is 149 Å². The molecule has 8 nitrogen and oxygen atoms in total. The molecule has 2 rings (SSSR count). The average Bonchev–Trinajstić information content (AvgIpc) is 2.46. The van der Waals surface area contributed by atoms with Gasteiger partial charge in [0, 0.05) is 0 Å². The predicted molar refractivity (Wildman–Crippen MR) is 74.3 cm³/mol. The van der Waals surface area contributed by atoms with Gasteiger partial charge in [0.15, 0.2) is 0 Å². The molecule has 13 heteroatoms. The van der Waals surface area contributed by atoms with Crippen LogP contribution in [0.2, 0.25) is 0 Å². The van der Waals surface area contributed by atoms with Crippen LogP contribution in [0.4, 0.5) is 0 Å². The van der Waals surface area contributed by atoms with Crippen LogP contribution in [0, 0.1) is 0 Å². The van der Waals surface area contributed by atoms with Crippen LogP contribution < -0.4 is 103 Å². The zero-order valence-electron chi connectivity index (χ0n) is 13.1. The molecule has 0 aliphatic rings. The molecule has 0 aromatic heterocycles. The van der Waals surface area contributed by atoms with E-state index in [1.165, 1.54) is 0 Å². The summed E-state index contributed by atoms with van der Waals surface area (Å²) in [5.41, 5.74) is 0. The first kappa shape index (κ1) is 26.5. The van der Waals surface area contributed by atoms with Gasteiger partial charge < -0.3 is 9.11 Å². The Hall–Kier alpha value is 1.48. The van der Waals surface area contributed by atoms with Crippen molar-refractivity contribution in [2.45, 2.75) is 19.6 Å². The molecule has 2 aromatic rings. The summed E-state index contributed by atoms with van der Waals surface area (Å²) in [4.78, 5) is -2.53. The van der Waals surface area contributed by atoms with E-state index in [1.807, 2.05) is 0 Å². The Kier molecular flexibility index (Phi) is 10.4. The normalized spacial score (nSPS) is 11.9. The van der Waals surface area contributed by atoms with E-state index < -0.39 is 49.7 Å². The molecule has 124 valence electrons. The molecule has 0 unspecified atom stereocenters. The van der Waals surface area contributed by atoms with Crippen molar-refractivity contribution in [2.24, 2.45) is 0 Å². The molecule has 0 fully saturated rings. The second kappa shape index (κ2) is 9.80. The fourth-order valence-electron chi connectivity index (χ4n) is 1.73. The van der Waals surface area contributed by atoms with Crippen LogP contribution in [-0.4, -0.2) is 34.4 Å². The minimum Gasteiger partial charge on any atom is -0.744 e. The summed E-state index contributed by atoms with van der Waals surface area (Å²) in [7, 11) is -14.0. The molecule has 0 amide bonds. The molecule has 0 radical (unpaired) electrons. The quantitative estimate of drug-likeness (QED) is 0.328. The molecule has 0 spiro atoms. The third-order valence-electron chi connectivity index (χ3n) is 2.81. The van der Waals surface area contributed by atoms with Crippen LogP contribution in [0.1, 0.15) is 0 Å². The first-order valence-electron chi connectivity index (χ1n) is 5.79. The molecule has 2 aromatic carbocycles. The Labute approximate surface area is 230 Å². The predicted octanol–water partition coefficient (Wildman–Crippen LogP) is -5.66. The maximum Gasteiger partial charge on any atom is 1.00 e. The van der Waals surface area contributed by atoms with Crippen LogP contribution in [0.5, 0.6) is 0 Å². The minimum atomic E-state index is -4.86. The first-order valence-corrected chi connectivity index (χ1v) is 10.1. The summed E-state index contributed by atoms with van der Waals surface area (Å²) in [6.45, 7) is 0. The van der Waals surface area contributed by atoms with Crippen molar-refractivity contribution in [3.05, 3.63) is 48.5 Å². The molecule has 0 heterocycles. The Morgan fingerprint density at radius 2 is 0.840 bits per heavy atom. The zero-order chi connectivity index (χ0) is 17.5. The molecule has 0 saturated carbocycles. The van der Waals surface area contributed by atoms with Gasteiger partial charge >= 0.3 is 103 Å². The summed E-state index contributed by atoms with van der Waals surface area (Å²) in [5, 5.41) is 0. The molecule has 25 heavy (non-hydrogen) atoms. The van der Waals surface area contributed by atoms with E-state index >= 15 is 0 Å². The van der Waals surface area contributed by atoms with E-state index in [4.69, 9.17) is 0 Å². The summed E-state index contributed by atoms with van der Waals surface area (Å²) in [6, 6.07) is 7.40. The number of hydrogen-bond acceptors (Lipinski definition) is 8. The summed E-state index contributed by atoms with van der Waals surface area (Å²) in [6.07, 6.45) is 0. The monoisotopic (exact) mass is 454 g/mol. The second-order valence-electron chi connectivity index (χ2n) is 4.36. The maximum absolute atomic E-state index is 12.4. The number of sulfone groups is 1. The van der Waals surface area contributed by atoms with Crippen molar-refractivity contribution < 1.29 is 137 Å². The van der Waals surface area contributed by atoms with E-state index in [0.29, 0.717) is 12.1 Å². The molecular weight excluding hydrogens is 447 g/mol. The fraction of sp³-hybridized carbons (Fsp3) is 0. The molecule has 0 saturated heterocycles. The van der Waals surface area contributed by atoms with Crippen molar-refractivity contribution in [2.75, 3.05) is 0 Å². The van der Waals surface area contributed by atoms with Crippen molar-refractivity contribution in [3.63, 3.8) is 0 Å². The molecule has 0 aliphatic heterocycles. The van der Waals surface area contributed by atoms with E-state index in [9.17, 15) is 34.4 Å². The van der Waals surface area contributed by atoms with Crippen LogP contribution in [0.3, 0.4) is 0 Å². The molecule has 0 N–H and O–H groups in total. The standard InChI is InChI=1S/C12H10O8S3.2K/c13-21(14,9-3-1-5-11(7-9)22(15,16)17)10-4-2-6-12(8-10)23(18,19)20;;/h1-8H,(H,15,16,17)(H,18,19,20);;/q;2*+1/p-2. The third-order valence-corrected chi connectivity index (χ3v) is 6.22. The average molecular weight is 455 g/mol. The van der Waals surface area contributed by atoms with Crippen LogP contribution in [0.25, 0.3) is 0 Å². The smallest absolute Gasteiger partial charge is 0.744 e. The minimum absolute atomic E-state index is 0. The SMILES string of the molecule is O=S(=O)([O-])c1cccc(S(=O)(=O)c2cccc(S(=O)(=O)[O-])c2)c1.[K+].[K+]. The summed E-state index contributed by atoms with van der Waals surface area (Å²) < 4.78 is 90.6. The number of hydrogen-bond donors (Lipinski definition) is 0. The summed E-state index contributed by atoms with van der Waals surface area (Å²) >= 11 is 0. The van der Waals surface area contributed by atoms with Gasteiger partial charge in [0.25, 0.3) is 0 Å². The Morgan fingerprint density at radius 1 is 0.560 bits per heavy atom. The van der Waals surface area contributed by atoms with Crippen LogP contribution in [-0.2, 0) is 30.1 Å². The Bertz CT molecular complexity index is 995. The van der Waals surface area contributed by atoms with E-state index in [1.54, 1.807) is 0 Å². The van der Waals surface area contributed by atoms with Gasteiger partial charge in [-0.3, -0.25) is 0 Å². The molecule has 0 aliphatic carbocycles. The Morgan fingerprint density at radius 3 is 1.12 bits per heavy atom. The van der Waals surface area contributed by atoms with Crippen LogP contribution in [0.15, 0.2) is 68.1 Å². The molecule has 0 atom stereocenters. The van der Waals surface area contributed by atoms with E-state index in [-0.39, 0.29) is 103 Å². The van der Waals surface area contributed by atoms with Gasteiger partial charge in [-0.15, -0.1) is 0 Å². The van der Waals surface area contributed by atoms with Gasteiger partial charge in [0.2, 0.25) is 9.84 Å². The molecule has 0 bridgehead atoms. The third kappa shape index (κ3) is 6.79. The van der Waals surface area contributed by atoms with E-state index in [0.717, 1.165) is 36.4 Å². The van der Waals surface area contributed by atoms with Gasteiger partial charge in [-0.1, -0.05) is 12.1 Å². The van der Waals surface area contributed by atoms with Crippen molar-refractivity contribution >= 4 is 30.1 Å². The number of benzene rings is 2. The number of rotatable bonds is 4. The van der Waals surface area contributed by atoms with Crippen molar-refractivity contribution in [1.82, 2.24) is 0 Å². The van der Waals surface area contributed by atoms with Gasteiger partial charge in [0.1, 0.15) is 20.2 Å². The van der Waals surface area contributed by atoms with Crippen molar-refractivity contribution in [3.8, 4) is 0 Å². The maximum atomic E-state index is 12.4. The largest absolute Gasteiger partial charge is 1.00 e. The zero-order valence-corrected chi connectivity index (χ0v) is 21.8. The second-order valence-corrected chi connectivity index (χ2v) is 9.07.